The van der Waals surface area contributed by atoms with Gasteiger partial charge >= 0.3 is 0 Å². The number of aryl methyl sites for hydroxylation is 1. The van der Waals surface area contributed by atoms with Crippen LogP contribution >= 0.6 is 0 Å². The van der Waals surface area contributed by atoms with Gasteiger partial charge in [-0.3, -0.25) is 9.89 Å². The van der Waals surface area contributed by atoms with Gasteiger partial charge in [0.25, 0.3) is 5.91 Å². The van der Waals surface area contributed by atoms with Crippen molar-refractivity contribution in [1.82, 2.24) is 15.1 Å². The van der Waals surface area contributed by atoms with Crippen LogP contribution in [0, 0.1) is 6.92 Å². The Morgan fingerprint density at radius 1 is 1.19 bits per heavy atom. The van der Waals surface area contributed by atoms with Gasteiger partial charge < -0.3 is 23.9 Å². The molecular weight excluding hydrogens is 458 g/mol. The van der Waals surface area contributed by atoms with Gasteiger partial charge in [-0.2, -0.15) is 5.10 Å². The molecule has 36 heavy (non-hydrogen) atoms. The first-order valence-corrected chi connectivity index (χ1v) is 11.7. The number of ether oxygens (including phenoxy) is 2. The minimum absolute atomic E-state index is 0.0914. The minimum atomic E-state index is -0.501. The molecule has 8 heteroatoms. The highest BCUT2D eigenvalue weighted by Crippen LogP contribution is 2.46. The second-order valence-electron chi connectivity index (χ2n) is 8.54. The lowest BCUT2D eigenvalue weighted by molar-refractivity contribution is 0.0716. The Kier molecular flexibility index (Phi) is 6.25. The lowest BCUT2D eigenvalue weighted by Crippen LogP contribution is -2.29. The number of carbonyl (C=O) groups is 1. The molecule has 2 aromatic carbocycles. The molecule has 0 saturated heterocycles. The van der Waals surface area contributed by atoms with Crippen LogP contribution in [0.25, 0.3) is 11.3 Å². The van der Waals surface area contributed by atoms with Gasteiger partial charge in [-0.05, 0) is 55.8 Å². The van der Waals surface area contributed by atoms with Crippen LogP contribution in [-0.2, 0) is 6.54 Å². The molecule has 184 valence electrons. The van der Waals surface area contributed by atoms with Crippen LogP contribution in [0.5, 0.6) is 17.2 Å². The zero-order valence-corrected chi connectivity index (χ0v) is 20.2. The topological polar surface area (TPSA) is 101 Å². The van der Waals surface area contributed by atoms with Crippen molar-refractivity contribution in [3.05, 3.63) is 95.6 Å². The summed E-state index contributed by atoms with van der Waals surface area (Å²) in [4.78, 5) is 15.3. The molecule has 1 aliphatic heterocycles. The summed E-state index contributed by atoms with van der Waals surface area (Å²) in [6.07, 6.45) is 3.25. The van der Waals surface area contributed by atoms with Gasteiger partial charge in [-0.15, -0.1) is 0 Å². The normalized spacial score (nSPS) is 14.7. The molecular formula is C28H27N3O5. The molecule has 1 aliphatic rings. The summed E-state index contributed by atoms with van der Waals surface area (Å²) >= 11 is 0. The number of nitrogens with zero attached hydrogens (tertiary/aromatic N) is 2. The fourth-order valence-electron chi connectivity index (χ4n) is 4.55. The van der Waals surface area contributed by atoms with Crippen molar-refractivity contribution in [1.29, 1.82) is 0 Å². The van der Waals surface area contributed by atoms with Gasteiger partial charge in [0.1, 0.15) is 29.5 Å². The van der Waals surface area contributed by atoms with Crippen LogP contribution in [-0.4, -0.2) is 39.3 Å². The van der Waals surface area contributed by atoms with E-state index in [1.54, 1.807) is 29.4 Å². The predicted octanol–water partition coefficient (Wildman–Crippen LogP) is 5.39. The Hall–Kier alpha value is -4.46. The van der Waals surface area contributed by atoms with E-state index >= 15 is 0 Å². The molecule has 3 heterocycles. The number of amides is 1. The fraction of sp³-hybridized carbons (Fsp3) is 0.214. The maximum absolute atomic E-state index is 13.6. The zero-order chi connectivity index (χ0) is 25.2. The Bertz CT molecular complexity index is 1410. The third-order valence-corrected chi connectivity index (χ3v) is 6.12. The number of aromatic amines is 1. The monoisotopic (exact) mass is 485 g/mol. The van der Waals surface area contributed by atoms with E-state index in [0.29, 0.717) is 53.0 Å². The first-order chi connectivity index (χ1) is 17.5. The molecule has 0 bridgehead atoms. The van der Waals surface area contributed by atoms with Crippen LogP contribution in [0.15, 0.2) is 71.9 Å². The van der Waals surface area contributed by atoms with Crippen molar-refractivity contribution >= 4 is 5.91 Å². The van der Waals surface area contributed by atoms with Crippen LogP contribution in [0.4, 0.5) is 0 Å². The summed E-state index contributed by atoms with van der Waals surface area (Å²) in [5.74, 6) is 1.70. The summed E-state index contributed by atoms with van der Waals surface area (Å²) in [6, 6.07) is 14.1. The third kappa shape index (κ3) is 4.11. The Morgan fingerprint density at radius 2 is 2.06 bits per heavy atom. The summed E-state index contributed by atoms with van der Waals surface area (Å²) in [7, 11) is 0. The number of H-pyrrole nitrogens is 1. The summed E-state index contributed by atoms with van der Waals surface area (Å²) in [5.41, 5.74) is 3.94. The lowest BCUT2D eigenvalue weighted by atomic mass is 9.94. The number of hydrogen-bond acceptors (Lipinski definition) is 6. The SMILES string of the molecule is C=CCOc1ccc([C@H]2c3c(-c4cc(C)ccc4O)n[nH]c3C(=O)N2Cc2ccco2)cc1OCC. The zero-order valence-electron chi connectivity index (χ0n) is 20.2. The number of phenols is 1. The summed E-state index contributed by atoms with van der Waals surface area (Å²) in [6.45, 7) is 8.61. The number of carbonyl (C=O) groups excluding carboxylic acids is 1. The number of aromatic hydroxyl groups is 1. The van der Waals surface area contributed by atoms with Crippen molar-refractivity contribution in [2.75, 3.05) is 13.2 Å². The predicted molar refractivity (Wildman–Crippen MR) is 134 cm³/mol. The Morgan fingerprint density at radius 3 is 2.81 bits per heavy atom. The third-order valence-electron chi connectivity index (χ3n) is 6.12. The van der Waals surface area contributed by atoms with E-state index in [9.17, 15) is 9.90 Å². The van der Waals surface area contributed by atoms with Gasteiger partial charge in [0.05, 0.1) is 25.5 Å². The second kappa shape index (κ2) is 9.65. The molecule has 0 aliphatic carbocycles. The van der Waals surface area contributed by atoms with E-state index < -0.39 is 6.04 Å². The molecule has 2 N–H and O–H groups in total. The highest BCUT2D eigenvalue weighted by atomic mass is 16.5. The molecule has 8 nitrogen and oxygen atoms in total. The Balaban J connectivity index is 1.66. The molecule has 4 aromatic rings. The van der Waals surface area contributed by atoms with Gasteiger partial charge in [0.2, 0.25) is 0 Å². The van der Waals surface area contributed by atoms with Crippen LogP contribution in [0.3, 0.4) is 0 Å². The molecule has 5 rings (SSSR count). The average Bonchev–Trinajstić information content (AvgIpc) is 3.60. The number of aromatic nitrogens is 2. The molecule has 0 fully saturated rings. The standard InChI is InChI=1S/C28H27N3O5/c1-4-12-36-22-11-9-18(15-23(22)34-5-2)27-24-25(20-14-17(3)8-10-21(20)32)29-30-26(24)28(33)31(27)16-19-7-6-13-35-19/h4,6-11,13-15,27,32H,1,5,12,16H2,2-3H3,(H,29,30)/t27-/m0/s1. The lowest BCUT2D eigenvalue weighted by Gasteiger charge is -2.26. The maximum atomic E-state index is 13.6. The van der Waals surface area contributed by atoms with Crippen molar-refractivity contribution < 1.29 is 23.8 Å². The van der Waals surface area contributed by atoms with E-state index in [2.05, 4.69) is 16.8 Å². The van der Waals surface area contributed by atoms with Crippen molar-refractivity contribution in [2.24, 2.45) is 0 Å². The van der Waals surface area contributed by atoms with E-state index in [4.69, 9.17) is 13.9 Å². The number of phenolic OH excluding ortho intramolecular Hbond substituents is 1. The van der Waals surface area contributed by atoms with E-state index in [0.717, 1.165) is 11.1 Å². The molecule has 0 saturated carbocycles. The highest BCUT2D eigenvalue weighted by molar-refractivity contribution is 6.00. The number of nitrogens with one attached hydrogen (secondary N) is 1. The molecule has 0 spiro atoms. The molecule has 2 aromatic heterocycles. The van der Waals surface area contributed by atoms with Crippen molar-refractivity contribution in [3.63, 3.8) is 0 Å². The smallest absolute Gasteiger partial charge is 0.273 e. The number of rotatable bonds is 9. The summed E-state index contributed by atoms with van der Waals surface area (Å²) < 4.78 is 17.2. The van der Waals surface area contributed by atoms with Gasteiger partial charge in [0.15, 0.2) is 11.5 Å². The maximum Gasteiger partial charge on any atom is 0.273 e. The summed E-state index contributed by atoms with van der Waals surface area (Å²) in [5, 5.41) is 18.0. The van der Waals surface area contributed by atoms with Gasteiger partial charge in [0, 0.05) is 11.1 Å². The largest absolute Gasteiger partial charge is 0.507 e. The first-order valence-electron chi connectivity index (χ1n) is 11.7. The number of furan rings is 1. The van der Waals surface area contributed by atoms with E-state index in [1.165, 1.54) is 0 Å². The highest BCUT2D eigenvalue weighted by Gasteiger charge is 2.43. The minimum Gasteiger partial charge on any atom is -0.507 e. The van der Waals surface area contributed by atoms with E-state index in [-0.39, 0.29) is 18.2 Å². The van der Waals surface area contributed by atoms with Crippen molar-refractivity contribution in [3.8, 4) is 28.5 Å². The van der Waals surface area contributed by atoms with Gasteiger partial charge in [-0.1, -0.05) is 30.4 Å². The fourth-order valence-corrected chi connectivity index (χ4v) is 4.55. The number of fused-ring (bicyclic) bond motifs is 1. The molecule has 0 radical (unpaired) electrons. The van der Waals surface area contributed by atoms with Gasteiger partial charge in [-0.25, -0.2) is 0 Å². The average molecular weight is 486 g/mol. The van der Waals surface area contributed by atoms with Crippen LogP contribution in [0.2, 0.25) is 0 Å². The second-order valence-corrected chi connectivity index (χ2v) is 8.54. The number of benzene rings is 2. The van der Waals surface area contributed by atoms with E-state index in [1.807, 2.05) is 50.2 Å². The van der Waals surface area contributed by atoms with Crippen LogP contribution < -0.4 is 9.47 Å². The van der Waals surface area contributed by atoms with Crippen molar-refractivity contribution in [2.45, 2.75) is 26.4 Å². The van der Waals surface area contributed by atoms with Crippen LogP contribution in [0.1, 0.15) is 45.9 Å². The molecule has 0 unspecified atom stereocenters. The quantitative estimate of drug-likeness (QED) is 0.308. The molecule has 1 atom stereocenters. The first kappa shape index (κ1) is 23.3. The number of hydrogen-bond donors (Lipinski definition) is 2. The Labute approximate surface area is 208 Å². The molecule has 1 amide bonds.